The van der Waals surface area contributed by atoms with Gasteiger partial charge in [-0.1, -0.05) is 38.5 Å². The van der Waals surface area contributed by atoms with Gasteiger partial charge >= 0.3 is 5.97 Å². The third-order valence-corrected chi connectivity index (χ3v) is 9.10. The van der Waals surface area contributed by atoms with Crippen molar-refractivity contribution in [2.45, 2.75) is 67.9 Å². The van der Waals surface area contributed by atoms with Gasteiger partial charge in [0, 0.05) is 31.5 Å². The number of nitrogens with zero attached hydrogens (tertiary/aromatic N) is 2. The van der Waals surface area contributed by atoms with Crippen LogP contribution in [-0.2, 0) is 19.1 Å². The Bertz CT molecular complexity index is 759. The van der Waals surface area contributed by atoms with Gasteiger partial charge in [0.15, 0.2) is 0 Å². The molecule has 0 aliphatic carbocycles. The molecule has 3 saturated heterocycles. The van der Waals surface area contributed by atoms with Crippen LogP contribution < -0.4 is 0 Å². The van der Waals surface area contributed by atoms with Crippen LogP contribution in [-0.4, -0.2) is 81.6 Å². The number of aliphatic hydroxyl groups excluding tert-OH is 1. The Morgan fingerprint density at radius 3 is 2.73 bits per heavy atom. The molecule has 3 heterocycles. The van der Waals surface area contributed by atoms with Crippen molar-refractivity contribution in [3.8, 4) is 0 Å². The van der Waals surface area contributed by atoms with E-state index in [0.29, 0.717) is 32.5 Å². The van der Waals surface area contributed by atoms with Gasteiger partial charge in [-0.05, 0) is 32.1 Å². The van der Waals surface area contributed by atoms with Gasteiger partial charge < -0.3 is 19.6 Å². The predicted octanol–water partition coefficient (Wildman–Crippen LogP) is 2.78. The Kier molecular flexibility index (Phi) is 9.04. The molecule has 0 aromatic rings. The number of carbonyl (C=O) groups is 3. The summed E-state index contributed by atoms with van der Waals surface area (Å²) in [7, 11) is 0. The first-order valence-corrected chi connectivity index (χ1v) is 13.1. The predicted molar refractivity (Wildman–Crippen MR) is 130 cm³/mol. The number of amides is 2. The number of ether oxygens (including phenoxy) is 1. The zero-order valence-electron chi connectivity index (χ0n) is 19.7. The highest BCUT2D eigenvalue weighted by molar-refractivity contribution is 8.02. The first-order valence-electron chi connectivity index (χ1n) is 12.2. The highest BCUT2D eigenvalue weighted by atomic mass is 32.2. The summed E-state index contributed by atoms with van der Waals surface area (Å²) in [5.41, 5.74) is 0. The van der Waals surface area contributed by atoms with E-state index in [1.54, 1.807) is 22.7 Å². The van der Waals surface area contributed by atoms with Crippen LogP contribution in [0.3, 0.4) is 0 Å². The highest BCUT2D eigenvalue weighted by Crippen LogP contribution is 2.66. The standard InChI is InChI=1S/C25H38N2O5S/c1-4-7-8-14-26(13-5-2)23(30)21-25-12-11-18(33-25)19(24(31)32-17-6-3)20(25)22(29)27(21)15-9-10-16-28/h5-6,18-21,28H,2-4,7-17H2,1H3/t18-,19+,20+,21?,25?/m1/s1. The number of aliphatic hydroxyl groups is 1. The van der Waals surface area contributed by atoms with Crippen LogP contribution >= 0.6 is 11.8 Å². The lowest BCUT2D eigenvalue weighted by Gasteiger charge is -2.37. The van der Waals surface area contributed by atoms with Crippen LogP contribution in [0.2, 0.25) is 0 Å². The summed E-state index contributed by atoms with van der Waals surface area (Å²) in [4.78, 5) is 44.2. The summed E-state index contributed by atoms with van der Waals surface area (Å²) < 4.78 is 4.78. The fourth-order valence-electron chi connectivity index (χ4n) is 5.74. The number of fused-ring (bicyclic) bond motifs is 1. The minimum Gasteiger partial charge on any atom is -0.461 e. The Labute approximate surface area is 201 Å². The molecule has 0 saturated carbocycles. The van der Waals surface area contributed by atoms with E-state index in [0.717, 1.165) is 32.1 Å². The number of thioether (sulfide) groups is 1. The van der Waals surface area contributed by atoms with Crippen LogP contribution in [0.15, 0.2) is 25.3 Å². The number of likely N-dealkylation sites (tertiary alicyclic amines) is 1. The molecule has 3 fully saturated rings. The van der Waals surface area contributed by atoms with Crippen LogP contribution in [0.25, 0.3) is 0 Å². The summed E-state index contributed by atoms with van der Waals surface area (Å²) in [6, 6.07) is -0.595. The number of hydrogen-bond donors (Lipinski definition) is 1. The number of carbonyl (C=O) groups excluding carboxylic acids is 3. The van der Waals surface area contributed by atoms with Gasteiger partial charge in [-0.3, -0.25) is 14.4 Å². The molecular formula is C25H38N2O5S. The second-order valence-corrected chi connectivity index (χ2v) is 10.8. The first-order chi connectivity index (χ1) is 16.0. The van der Waals surface area contributed by atoms with E-state index in [1.165, 1.54) is 6.08 Å². The normalized spacial score (nSPS) is 29.8. The molecule has 184 valence electrons. The molecule has 2 unspecified atom stereocenters. The van der Waals surface area contributed by atoms with Crippen molar-refractivity contribution >= 4 is 29.5 Å². The number of hydrogen-bond acceptors (Lipinski definition) is 6. The molecule has 1 N–H and O–H groups in total. The second-order valence-electron chi connectivity index (χ2n) is 9.22. The van der Waals surface area contributed by atoms with E-state index in [1.807, 2.05) is 4.90 Å². The van der Waals surface area contributed by atoms with E-state index < -0.39 is 22.6 Å². The lowest BCUT2D eigenvalue weighted by atomic mass is 9.71. The van der Waals surface area contributed by atoms with E-state index in [2.05, 4.69) is 20.1 Å². The molecular weight excluding hydrogens is 440 g/mol. The summed E-state index contributed by atoms with van der Waals surface area (Å²) in [6.45, 7) is 11.2. The molecule has 0 radical (unpaired) electrons. The summed E-state index contributed by atoms with van der Waals surface area (Å²) >= 11 is 1.65. The Morgan fingerprint density at radius 2 is 2.06 bits per heavy atom. The van der Waals surface area contributed by atoms with Gasteiger partial charge in [0.25, 0.3) is 0 Å². The Balaban J connectivity index is 1.93. The third-order valence-electron chi connectivity index (χ3n) is 7.15. The Morgan fingerprint density at radius 1 is 1.27 bits per heavy atom. The van der Waals surface area contributed by atoms with Crippen LogP contribution in [0.1, 0.15) is 51.9 Å². The van der Waals surface area contributed by atoms with Gasteiger partial charge in [0.05, 0.1) is 16.6 Å². The van der Waals surface area contributed by atoms with Crippen molar-refractivity contribution in [2.75, 3.05) is 32.8 Å². The van der Waals surface area contributed by atoms with Crippen molar-refractivity contribution in [1.82, 2.24) is 9.80 Å². The van der Waals surface area contributed by atoms with Crippen LogP contribution in [0.5, 0.6) is 0 Å². The Hall–Kier alpha value is -1.80. The van der Waals surface area contributed by atoms with Crippen molar-refractivity contribution < 1.29 is 24.2 Å². The minimum absolute atomic E-state index is 0.000831. The molecule has 33 heavy (non-hydrogen) atoms. The molecule has 7 nitrogen and oxygen atoms in total. The van der Waals surface area contributed by atoms with Crippen molar-refractivity contribution in [2.24, 2.45) is 11.8 Å². The van der Waals surface area contributed by atoms with Gasteiger partial charge in [-0.2, -0.15) is 0 Å². The molecule has 0 aromatic carbocycles. The summed E-state index contributed by atoms with van der Waals surface area (Å²) in [5, 5.41) is 9.26. The van der Waals surface area contributed by atoms with E-state index in [9.17, 15) is 19.5 Å². The average molecular weight is 479 g/mol. The van der Waals surface area contributed by atoms with Crippen LogP contribution in [0.4, 0.5) is 0 Å². The molecule has 1 spiro atoms. The van der Waals surface area contributed by atoms with Gasteiger partial charge in [-0.25, -0.2) is 0 Å². The smallest absolute Gasteiger partial charge is 0.311 e. The molecule has 3 aliphatic heterocycles. The van der Waals surface area contributed by atoms with Gasteiger partial charge in [0.2, 0.25) is 11.8 Å². The number of rotatable bonds is 14. The SMILES string of the molecule is C=CCOC(=O)[C@@H]1[C@H]2C(=O)N(CCCCO)C(C(=O)N(CC=C)CCCCC)C23CC[C@H]1S3. The zero-order valence-corrected chi connectivity index (χ0v) is 20.6. The van der Waals surface area contributed by atoms with Crippen molar-refractivity contribution in [3.05, 3.63) is 25.3 Å². The van der Waals surface area contributed by atoms with Crippen molar-refractivity contribution in [3.63, 3.8) is 0 Å². The number of unbranched alkanes of at least 4 members (excludes halogenated alkanes) is 3. The molecule has 3 rings (SSSR count). The molecule has 3 aliphatic rings. The molecule has 2 amide bonds. The zero-order chi connectivity index (χ0) is 24.0. The molecule has 0 aromatic heterocycles. The maximum absolute atomic E-state index is 14.0. The van der Waals surface area contributed by atoms with Crippen LogP contribution in [0, 0.1) is 11.8 Å². The van der Waals surface area contributed by atoms with E-state index >= 15 is 0 Å². The number of esters is 1. The third kappa shape index (κ3) is 4.87. The maximum atomic E-state index is 14.0. The topological polar surface area (TPSA) is 87.1 Å². The van der Waals surface area contributed by atoms with E-state index in [4.69, 9.17) is 4.74 Å². The fourth-order valence-corrected chi connectivity index (χ4v) is 7.95. The second kappa shape index (κ2) is 11.6. The first kappa shape index (κ1) is 25.8. The molecule has 2 bridgehead atoms. The van der Waals surface area contributed by atoms with Gasteiger partial charge in [0.1, 0.15) is 12.6 Å². The van der Waals surface area contributed by atoms with E-state index in [-0.39, 0.29) is 36.2 Å². The lowest BCUT2D eigenvalue weighted by Crippen LogP contribution is -2.55. The van der Waals surface area contributed by atoms with Crippen molar-refractivity contribution in [1.29, 1.82) is 0 Å². The fraction of sp³-hybridized carbons (Fsp3) is 0.720. The molecule has 8 heteroatoms. The maximum Gasteiger partial charge on any atom is 0.311 e. The summed E-state index contributed by atoms with van der Waals surface area (Å²) in [6.07, 6.45) is 8.99. The van der Waals surface area contributed by atoms with Gasteiger partial charge in [-0.15, -0.1) is 18.3 Å². The largest absolute Gasteiger partial charge is 0.461 e. The average Bonchev–Trinajstić information content (AvgIpc) is 3.44. The lowest BCUT2D eigenvalue weighted by molar-refractivity contribution is -0.153. The minimum atomic E-state index is -0.597. The summed E-state index contributed by atoms with van der Waals surface area (Å²) in [5.74, 6) is -1.58. The monoisotopic (exact) mass is 478 g/mol. The molecule has 5 atom stereocenters. The quantitative estimate of drug-likeness (QED) is 0.235. The highest BCUT2D eigenvalue weighted by Gasteiger charge is 2.74.